The van der Waals surface area contributed by atoms with Crippen LogP contribution < -0.4 is 5.32 Å². The zero-order valence-corrected chi connectivity index (χ0v) is 10.9. The van der Waals surface area contributed by atoms with Crippen molar-refractivity contribution in [1.82, 2.24) is 15.1 Å². The van der Waals surface area contributed by atoms with E-state index in [1.54, 1.807) is 0 Å². The van der Waals surface area contributed by atoms with E-state index in [2.05, 4.69) is 46.4 Å². The van der Waals surface area contributed by atoms with Gasteiger partial charge in [0.25, 0.3) is 0 Å². The monoisotopic (exact) mass is 247 g/mol. The molecule has 1 aromatic rings. The molecule has 0 atom stereocenters. The van der Waals surface area contributed by atoms with Crippen LogP contribution in [-0.2, 0) is 17.9 Å². The number of rotatable bonds is 5. The van der Waals surface area contributed by atoms with Crippen LogP contribution in [0.4, 0.5) is 0 Å². The topological polar surface area (TPSA) is 35.6 Å². The molecular formula is C14H21N3O. The van der Waals surface area contributed by atoms with Crippen molar-refractivity contribution < 1.29 is 4.79 Å². The molecule has 0 spiro atoms. The maximum atomic E-state index is 10.2. The second kappa shape index (κ2) is 6.52. The predicted molar refractivity (Wildman–Crippen MR) is 72.1 cm³/mol. The Kier molecular flexibility index (Phi) is 4.73. The van der Waals surface area contributed by atoms with Crippen LogP contribution in [0.25, 0.3) is 0 Å². The predicted octanol–water partition coefficient (Wildman–Crippen LogP) is 0.680. The van der Waals surface area contributed by atoms with Crippen molar-refractivity contribution >= 4 is 6.41 Å². The molecule has 1 fully saturated rings. The van der Waals surface area contributed by atoms with Gasteiger partial charge in [0.15, 0.2) is 0 Å². The first-order chi connectivity index (χ1) is 8.78. The highest BCUT2D eigenvalue weighted by Gasteiger charge is 2.13. The molecule has 0 bridgehead atoms. The van der Waals surface area contributed by atoms with Gasteiger partial charge in [0.1, 0.15) is 0 Å². The van der Waals surface area contributed by atoms with Gasteiger partial charge in [-0.05, 0) is 18.2 Å². The zero-order valence-electron chi connectivity index (χ0n) is 10.9. The fourth-order valence-corrected chi connectivity index (χ4v) is 2.19. The maximum Gasteiger partial charge on any atom is 0.207 e. The van der Waals surface area contributed by atoms with Crippen LogP contribution in [0, 0.1) is 0 Å². The minimum absolute atomic E-state index is 0.609. The Morgan fingerprint density at radius 3 is 2.33 bits per heavy atom. The Labute approximate surface area is 109 Å². The first-order valence-corrected chi connectivity index (χ1v) is 6.43. The van der Waals surface area contributed by atoms with E-state index in [0.717, 1.165) is 44.7 Å². The van der Waals surface area contributed by atoms with Crippen molar-refractivity contribution in [2.24, 2.45) is 0 Å². The molecule has 0 unspecified atom stereocenters. The molecule has 1 saturated heterocycles. The average molecular weight is 247 g/mol. The normalized spacial score (nSPS) is 17.6. The molecule has 4 heteroatoms. The Morgan fingerprint density at radius 2 is 1.72 bits per heavy atom. The lowest BCUT2D eigenvalue weighted by Crippen LogP contribution is -2.43. The summed E-state index contributed by atoms with van der Waals surface area (Å²) in [5.74, 6) is 0. The van der Waals surface area contributed by atoms with E-state index in [-0.39, 0.29) is 0 Å². The van der Waals surface area contributed by atoms with Crippen LogP contribution >= 0.6 is 0 Å². The third-order valence-electron chi connectivity index (χ3n) is 3.41. The third kappa shape index (κ3) is 3.82. The minimum atomic E-state index is 0.609. The summed E-state index contributed by atoms with van der Waals surface area (Å²) in [5, 5.41) is 2.67. The molecule has 1 heterocycles. The van der Waals surface area contributed by atoms with Crippen molar-refractivity contribution in [1.29, 1.82) is 0 Å². The molecule has 1 aliphatic heterocycles. The Morgan fingerprint density at radius 1 is 1.11 bits per heavy atom. The van der Waals surface area contributed by atoms with E-state index in [1.165, 1.54) is 5.56 Å². The van der Waals surface area contributed by atoms with Crippen molar-refractivity contribution in [3.8, 4) is 0 Å². The highest BCUT2D eigenvalue weighted by atomic mass is 16.1. The van der Waals surface area contributed by atoms with Gasteiger partial charge in [-0.1, -0.05) is 24.3 Å². The van der Waals surface area contributed by atoms with E-state index >= 15 is 0 Å². The summed E-state index contributed by atoms with van der Waals surface area (Å²) < 4.78 is 0. The van der Waals surface area contributed by atoms with Crippen LogP contribution in [0.5, 0.6) is 0 Å². The van der Waals surface area contributed by atoms with E-state index in [0.29, 0.717) is 6.54 Å². The van der Waals surface area contributed by atoms with Crippen molar-refractivity contribution in [2.45, 2.75) is 13.1 Å². The maximum absolute atomic E-state index is 10.2. The van der Waals surface area contributed by atoms with Gasteiger partial charge in [-0.15, -0.1) is 0 Å². The number of carbonyl (C=O) groups is 1. The largest absolute Gasteiger partial charge is 0.355 e. The molecule has 18 heavy (non-hydrogen) atoms. The van der Waals surface area contributed by atoms with E-state index < -0.39 is 0 Å². The molecule has 1 amide bonds. The van der Waals surface area contributed by atoms with Gasteiger partial charge in [0.05, 0.1) is 0 Å². The quantitative estimate of drug-likeness (QED) is 0.777. The van der Waals surface area contributed by atoms with Crippen molar-refractivity contribution in [2.75, 3.05) is 33.2 Å². The highest BCUT2D eigenvalue weighted by molar-refractivity contribution is 5.46. The Balaban J connectivity index is 1.84. The molecule has 0 aliphatic carbocycles. The summed E-state index contributed by atoms with van der Waals surface area (Å²) in [6.45, 7) is 6.23. The van der Waals surface area contributed by atoms with E-state index in [1.807, 2.05) is 0 Å². The van der Waals surface area contributed by atoms with Crippen LogP contribution in [0.15, 0.2) is 24.3 Å². The summed E-state index contributed by atoms with van der Waals surface area (Å²) >= 11 is 0. The standard InChI is InChI=1S/C14H21N3O/c1-16-6-8-17(9-7-16)11-14-4-2-13(3-5-14)10-15-12-18/h2-5,12H,6-11H2,1H3,(H,15,18). The molecule has 0 radical (unpaired) electrons. The van der Waals surface area contributed by atoms with Gasteiger partial charge in [-0.2, -0.15) is 0 Å². The smallest absolute Gasteiger partial charge is 0.207 e. The summed E-state index contributed by atoms with van der Waals surface area (Å²) in [4.78, 5) is 15.1. The van der Waals surface area contributed by atoms with E-state index in [4.69, 9.17) is 0 Å². The first kappa shape index (κ1) is 13.1. The van der Waals surface area contributed by atoms with Gasteiger partial charge in [0.2, 0.25) is 6.41 Å². The number of piperazine rings is 1. The number of likely N-dealkylation sites (N-methyl/N-ethyl adjacent to an activating group) is 1. The molecule has 1 aliphatic rings. The fourth-order valence-electron chi connectivity index (χ4n) is 2.19. The fraction of sp³-hybridized carbons (Fsp3) is 0.500. The second-order valence-electron chi connectivity index (χ2n) is 4.89. The van der Waals surface area contributed by atoms with Crippen LogP contribution in [0.3, 0.4) is 0 Å². The highest BCUT2D eigenvalue weighted by Crippen LogP contribution is 2.09. The SMILES string of the molecule is CN1CCN(Cc2ccc(CNC=O)cc2)CC1. The summed E-state index contributed by atoms with van der Waals surface area (Å²) in [5.41, 5.74) is 2.48. The van der Waals surface area contributed by atoms with E-state index in [9.17, 15) is 4.79 Å². The molecule has 0 saturated carbocycles. The first-order valence-electron chi connectivity index (χ1n) is 6.43. The van der Waals surface area contributed by atoms with Gasteiger partial charge in [-0.25, -0.2) is 0 Å². The number of amides is 1. The van der Waals surface area contributed by atoms with Gasteiger partial charge in [0, 0.05) is 39.3 Å². The lowest BCUT2D eigenvalue weighted by Gasteiger charge is -2.32. The third-order valence-corrected chi connectivity index (χ3v) is 3.41. The van der Waals surface area contributed by atoms with Crippen LogP contribution in [-0.4, -0.2) is 49.4 Å². The Hall–Kier alpha value is -1.39. The lowest BCUT2D eigenvalue weighted by atomic mass is 10.1. The molecule has 4 nitrogen and oxygen atoms in total. The van der Waals surface area contributed by atoms with Crippen LogP contribution in [0.1, 0.15) is 11.1 Å². The summed E-state index contributed by atoms with van der Waals surface area (Å²) in [6, 6.07) is 8.48. The lowest BCUT2D eigenvalue weighted by molar-refractivity contribution is -0.109. The average Bonchev–Trinajstić information content (AvgIpc) is 2.41. The molecule has 98 valence electrons. The molecule has 1 aromatic carbocycles. The zero-order chi connectivity index (χ0) is 12.8. The van der Waals surface area contributed by atoms with Crippen LogP contribution in [0.2, 0.25) is 0 Å². The van der Waals surface area contributed by atoms with Gasteiger partial charge < -0.3 is 10.2 Å². The molecule has 0 aromatic heterocycles. The summed E-state index contributed by atoms with van der Waals surface area (Å²) in [6.07, 6.45) is 0.734. The molecular weight excluding hydrogens is 226 g/mol. The number of carbonyl (C=O) groups excluding carboxylic acids is 1. The molecule has 2 rings (SSSR count). The molecule has 1 N–H and O–H groups in total. The Bertz CT molecular complexity index is 369. The summed E-state index contributed by atoms with van der Waals surface area (Å²) in [7, 11) is 2.17. The minimum Gasteiger partial charge on any atom is -0.355 e. The van der Waals surface area contributed by atoms with Gasteiger partial charge >= 0.3 is 0 Å². The van der Waals surface area contributed by atoms with Crippen molar-refractivity contribution in [3.63, 3.8) is 0 Å². The number of hydrogen-bond donors (Lipinski definition) is 1. The van der Waals surface area contributed by atoms with Crippen molar-refractivity contribution in [3.05, 3.63) is 35.4 Å². The number of nitrogens with zero attached hydrogens (tertiary/aromatic N) is 2. The number of benzene rings is 1. The van der Waals surface area contributed by atoms with Gasteiger partial charge in [-0.3, -0.25) is 9.69 Å². The second-order valence-corrected chi connectivity index (χ2v) is 4.89. The number of hydrogen-bond acceptors (Lipinski definition) is 3. The number of nitrogens with one attached hydrogen (secondary N) is 1.